The van der Waals surface area contributed by atoms with E-state index in [9.17, 15) is 22.4 Å². The predicted octanol–water partition coefficient (Wildman–Crippen LogP) is 2.87. The Labute approximate surface area is 104 Å². The lowest BCUT2D eigenvalue weighted by Crippen LogP contribution is -2.14. The number of ketones is 1. The Bertz CT molecular complexity index is 611. The van der Waals surface area contributed by atoms with E-state index in [0.717, 1.165) is 18.7 Å². The Morgan fingerprint density at radius 3 is 2.32 bits per heavy atom. The SMILES string of the molecule is O=C(c1cncnc1)c1cc(F)ccc1C(F)(F)F. The van der Waals surface area contributed by atoms with Crippen LogP contribution in [0.5, 0.6) is 0 Å². The van der Waals surface area contributed by atoms with Gasteiger partial charge in [-0.15, -0.1) is 0 Å². The number of carbonyl (C=O) groups is 1. The predicted molar refractivity (Wildman–Crippen MR) is 56.9 cm³/mol. The van der Waals surface area contributed by atoms with Crippen molar-refractivity contribution >= 4 is 5.78 Å². The standard InChI is InChI=1S/C12H6F4N2O/c13-8-1-2-10(12(14,15)16)9(3-8)11(19)7-4-17-6-18-5-7/h1-6H. The van der Waals surface area contributed by atoms with Gasteiger partial charge in [0.2, 0.25) is 0 Å². The smallest absolute Gasteiger partial charge is 0.288 e. The van der Waals surface area contributed by atoms with E-state index in [1.54, 1.807) is 0 Å². The molecule has 1 aromatic heterocycles. The molecule has 0 atom stereocenters. The second-order valence-electron chi connectivity index (χ2n) is 3.64. The van der Waals surface area contributed by atoms with Gasteiger partial charge in [0.05, 0.1) is 11.1 Å². The van der Waals surface area contributed by atoms with E-state index in [2.05, 4.69) is 9.97 Å². The summed E-state index contributed by atoms with van der Waals surface area (Å²) in [5.74, 6) is -1.90. The van der Waals surface area contributed by atoms with E-state index in [1.807, 2.05) is 0 Å². The molecule has 3 nitrogen and oxygen atoms in total. The first-order valence-electron chi connectivity index (χ1n) is 5.06. The van der Waals surface area contributed by atoms with E-state index < -0.39 is 28.9 Å². The molecule has 0 saturated carbocycles. The minimum Gasteiger partial charge on any atom is -0.288 e. The summed E-state index contributed by atoms with van der Waals surface area (Å²) in [7, 11) is 0. The van der Waals surface area contributed by atoms with Crippen LogP contribution in [0.25, 0.3) is 0 Å². The van der Waals surface area contributed by atoms with Crippen LogP contribution in [0.1, 0.15) is 21.5 Å². The number of alkyl halides is 3. The highest BCUT2D eigenvalue weighted by Gasteiger charge is 2.35. The first-order valence-corrected chi connectivity index (χ1v) is 5.06. The second-order valence-corrected chi connectivity index (χ2v) is 3.64. The summed E-state index contributed by atoms with van der Waals surface area (Å²) >= 11 is 0. The summed E-state index contributed by atoms with van der Waals surface area (Å²) in [5.41, 5.74) is -2.09. The molecule has 0 bridgehead atoms. The molecule has 0 fully saturated rings. The molecule has 0 aliphatic heterocycles. The highest BCUT2D eigenvalue weighted by Crippen LogP contribution is 2.33. The fraction of sp³-hybridized carbons (Fsp3) is 0.0833. The normalized spacial score (nSPS) is 11.4. The molecule has 0 aliphatic rings. The molecule has 0 N–H and O–H groups in total. The van der Waals surface area contributed by atoms with Crippen LogP contribution in [0.2, 0.25) is 0 Å². The van der Waals surface area contributed by atoms with Crippen LogP contribution in [0.15, 0.2) is 36.9 Å². The lowest BCUT2D eigenvalue weighted by Gasteiger charge is -2.11. The van der Waals surface area contributed by atoms with E-state index >= 15 is 0 Å². The van der Waals surface area contributed by atoms with Gasteiger partial charge in [-0.05, 0) is 18.2 Å². The quantitative estimate of drug-likeness (QED) is 0.622. The van der Waals surface area contributed by atoms with Gasteiger partial charge in [0.15, 0.2) is 5.78 Å². The molecular weight excluding hydrogens is 264 g/mol. The second kappa shape index (κ2) is 4.75. The van der Waals surface area contributed by atoms with Crippen molar-refractivity contribution in [2.45, 2.75) is 6.18 Å². The van der Waals surface area contributed by atoms with Gasteiger partial charge in [-0.2, -0.15) is 13.2 Å². The molecule has 0 amide bonds. The van der Waals surface area contributed by atoms with Gasteiger partial charge in [0, 0.05) is 18.0 Å². The van der Waals surface area contributed by atoms with Crippen LogP contribution < -0.4 is 0 Å². The molecule has 1 heterocycles. The van der Waals surface area contributed by atoms with Crippen molar-refractivity contribution in [3.63, 3.8) is 0 Å². The van der Waals surface area contributed by atoms with Crippen molar-refractivity contribution in [1.29, 1.82) is 0 Å². The molecule has 0 saturated heterocycles. The summed E-state index contributed by atoms with van der Waals surface area (Å²) in [6, 6.07) is 1.74. The Morgan fingerprint density at radius 1 is 1.11 bits per heavy atom. The Hall–Kier alpha value is -2.31. The van der Waals surface area contributed by atoms with Crippen LogP contribution in [0.4, 0.5) is 17.6 Å². The molecule has 7 heteroatoms. The van der Waals surface area contributed by atoms with Gasteiger partial charge in [0.1, 0.15) is 12.1 Å². The number of rotatable bonds is 2. The van der Waals surface area contributed by atoms with E-state index in [-0.39, 0.29) is 5.56 Å². The fourth-order valence-electron chi connectivity index (χ4n) is 1.52. The number of hydrogen-bond donors (Lipinski definition) is 0. The maximum absolute atomic E-state index is 13.1. The molecule has 19 heavy (non-hydrogen) atoms. The Morgan fingerprint density at radius 2 is 1.74 bits per heavy atom. The zero-order valence-corrected chi connectivity index (χ0v) is 9.28. The third-order valence-corrected chi connectivity index (χ3v) is 2.35. The van der Waals surface area contributed by atoms with Crippen molar-refractivity contribution in [2.75, 3.05) is 0 Å². The number of hydrogen-bond acceptors (Lipinski definition) is 3. The Balaban J connectivity index is 2.56. The first-order chi connectivity index (χ1) is 8.89. The number of halogens is 4. The number of benzene rings is 1. The van der Waals surface area contributed by atoms with E-state index in [4.69, 9.17) is 0 Å². The summed E-state index contributed by atoms with van der Waals surface area (Å²) in [5, 5.41) is 0. The molecule has 2 rings (SSSR count). The lowest BCUT2D eigenvalue weighted by molar-refractivity contribution is -0.137. The largest absolute Gasteiger partial charge is 0.417 e. The van der Waals surface area contributed by atoms with Gasteiger partial charge in [-0.3, -0.25) is 4.79 Å². The maximum atomic E-state index is 13.1. The van der Waals surface area contributed by atoms with Crippen molar-refractivity contribution in [3.05, 3.63) is 59.4 Å². The molecular formula is C12H6F4N2O. The monoisotopic (exact) mass is 270 g/mol. The van der Waals surface area contributed by atoms with Gasteiger partial charge in [-0.25, -0.2) is 14.4 Å². The van der Waals surface area contributed by atoms with Crippen LogP contribution in [-0.4, -0.2) is 15.8 Å². The molecule has 2 aromatic rings. The van der Waals surface area contributed by atoms with Crippen LogP contribution >= 0.6 is 0 Å². The van der Waals surface area contributed by atoms with Gasteiger partial charge in [-0.1, -0.05) is 0 Å². The van der Waals surface area contributed by atoms with E-state index in [1.165, 1.54) is 0 Å². The van der Waals surface area contributed by atoms with Gasteiger partial charge in [0.25, 0.3) is 0 Å². The summed E-state index contributed by atoms with van der Waals surface area (Å²) in [4.78, 5) is 19.0. The summed E-state index contributed by atoms with van der Waals surface area (Å²) in [6.07, 6.45) is -1.47. The van der Waals surface area contributed by atoms with Crippen LogP contribution in [0.3, 0.4) is 0 Å². The molecule has 0 aliphatic carbocycles. The number of nitrogens with zero attached hydrogens (tertiary/aromatic N) is 2. The highest BCUT2D eigenvalue weighted by molar-refractivity contribution is 6.09. The first kappa shape index (κ1) is 13.1. The maximum Gasteiger partial charge on any atom is 0.417 e. The fourth-order valence-corrected chi connectivity index (χ4v) is 1.52. The molecule has 0 radical (unpaired) electrons. The minimum absolute atomic E-state index is 0.140. The summed E-state index contributed by atoms with van der Waals surface area (Å²) < 4.78 is 51.3. The molecule has 98 valence electrons. The number of aromatic nitrogens is 2. The minimum atomic E-state index is -4.74. The number of carbonyl (C=O) groups excluding carboxylic acids is 1. The van der Waals surface area contributed by atoms with Crippen LogP contribution in [-0.2, 0) is 6.18 Å². The molecule has 1 aromatic carbocycles. The lowest BCUT2D eigenvalue weighted by atomic mass is 9.99. The van der Waals surface area contributed by atoms with Gasteiger partial charge < -0.3 is 0 Å². The van der Waals surface area contributed by atoms with Crippen molar-refractivity contribution in [1.82, 2.24) is 9.97 Å². The topological polar surface area (TPSA) is 42.9 Å². The average molecular weight is 270 g/mol. The average Bonchev–Trinajstić information content (AvgIpc) is 2.37. The molecule has 0 unspecified atom stereocenters. The van der Waals surface area contributed by atoms with E-state index in [0.29, 0.717) is 18.2 Å². The zero-order chi connectivity index (χ0) is 14.0. The zero-order valence-electron chi connectivity index (χ0n) is 9.28. The molecule has 0 spiro atoms. The highest BCUT2D eigenvalue weighted by atomic mass is 19.4. The third kappa shape index (κ3) is 2.75. The van der Waals surface area contributed by atoms with Crippen LogP contribution in [0, 0.1) is 5.82 Å². The van der Waals surface area contributed by atoms with Gasteiger partial charge >= 0.3 is 6.18 Å². The van der Waals surface area contributed by atoms with Crippen molar-refractivity contribution < 1.29 is 22.4 Å². The summed E-state index contributed by atoms with van der Waals surface area (Å²) in [6.45, 7) is 0. The van der Waals surface area contributed by atoms with Crippen molar-refractivity contribution in [2.24, 2.45) is 0 Å². The Kier molecular flexibility index (Phi) is 3.28. The van der Waals surface area contributed by atoms with Crippen molar-refractivity contribution in [3.8, 4) is 0 Å². The third-order valence-electron chi connectivity index (χ3n) is 2.35.